The SMILES string of the molecule is CCOc1cccc2sc(N(Cc3ccccc3)C(=O)c3ccccc3Br)nc12. The first-order chi connectivity index (χ1) is 14.2. The van der Waals surface area contributed by atoms with E-state index >= 15 is 0 Å². The predicted molar refractivity (Wildman–Crippen MR) is 122 cm³/mol. The normalized spacial score (nSPS) is 10.8. The molecule has 146 valence electrons. The summed E-state index contributed by atoms with van der Waals surface area (Å²) in [6.07, 6.45) is 0. The number of nitrogens with zero attached hydrogens (tertiary/aromatic N) is 2. The Bertz CT molecular complexity index is 1140. The van der Waals surface area contributed by atoms with Crippen LogP contribution >= 0.6 is 27.3 Å². The summed E-state index contributed by atoms with van der Waals surface area (Å²) in [6, 6.07) is 23.3. The molecule has 0 aliphatic heterocycles. The zero-order valence-electron chi connectivity index (χ0n) is 15.8. The molecule has 1 aromatic heterocycles. The summed E-state index contributed by atoms with van der Waals surface area (Å²) in [4.78, 5) is 20.0. The molecule has 0 saturated carbocycles. The van der Waals surface area contributed by atoms with Crippen molar-refractivity contribution in [1.29, 1.82) is 0 Å². The van der Waals surface area contributed by atoms with Gasteiger partial charge >= 0.3 is 0 Å². The molecule has 0 fully saturated rings. The fourth-order valence-corrected chi connectivity index (χ4v) is 4.51. The van der Waals surface area contributed by atoms with Crippen molar-refractivity contribution in [1.82, 2.24) is 4.98 Å². The van der Waals surface area contributed by atoms with Gasteiger partial charge in [-0.15, -0.1) is 0 Å². The number of aromatic nitrogens is 1. The number of amides is 1. The summed E-state index contributed by atoms with van der Waals surface area (Å²) in [7, 11) is 0. The highest BCUT2D eigenvalue weighted by atomic mass is 79.9. The molecule has 0 N–H and O–H groups in total. The molecule has 0 aliphatic carbocycles. The van der Waals surface area contributed by atoms with Gasteiger partial charge in [-0.3, -0.25) is 9.69 Å². The van der Waals surface area contributed by atoms with Gasteiger partial charge in [-0.1, -0.05) is 59.9 Å². The van der Waals surface area contributed by atoms with Crippen molar-refractivity contribution in [2.24, 2.45) is 0 Å². The van der Waals surface area contributed by atoms with Crippen LogP contribution < -0.4 is 9.64 Å². The molecule has 0 bridgehead atoms. The topological polar surface area (TPSA) is 42.4 Å². The molecule has 29 heavy (non-hydrogen) atoms. The third kappa shape index (κ3) is 4.18. The lowest BCUT2D eigenvalue weighted by molar-refractivity contribution is 0.0984. The molecule has 0 radical (unpaired) electrons. The molecule has 1 amide bonds. The van der Waals surface area contributed by atoms with Crippen LogP contribution in [-0.4, -0.2) is 17.5 Å². The van der Waals surface area contributed by atoms with E-state index in [1.807, 2.05) is 79.7 Å². The number of ether oxygens (including phenoxy) is 1. The van der Waals surface area contributed by atoms with Crippen molar-refractivity contribution in [3.05, 3.63) is 88.4 Å². The molecule has 1 heterocycles. The highest BCUT2D eigenvalue weighted by Crippen LogP contribution is 2.35. The summed E-state index contributed by atoms with van der Waals surface area (Å²) in [5.74, 6) is 0.638. The second-order valence-electron chi connectivity index (χ2n) is 6.39. The number of benzene rings is 3. The number of anilines is 1. The monoisotopic (exact) mass is 466 g/mol. The fourth-order valence-electron chi connectivity index (χ4n) is 3.07. The smallest absolute Gasteiger partial charge is 0.261 e. The predicted octanol–water partition coefficient (Wildman–Crippen LogP) is 6.30. The second-order valence-corrected chi connectivity index (χ2v) is 8.25. The van der Waals surface area contributed by atoms with E-state index in [4.69, 9.17) is 9.72 Å². The summed E-state index contributed by atoms with van der Waals surface area (Å²) in [5, 5.41) is 0.650. The van der Waals surface area contributed by atoms with Crippen LogP contribution in [0.5, 0.6) is 5.75 Å². The number of hydrogen-bond acceptors (Lipinski definition) is 4. The maximum atomic E-state index is 13.5. The number of carbonyl (C=O) groups is 1. The minimum atomic E-state index is -0.0988. The zero-order valence-corrected chi connectivity index (χ0v) is 18.2. The van der Waals surface area contributed by atoms with Crippen molar-refractivity contribution in [3.8, 4) is 5.75 Å². The number of halogens is 1. The van der Waals surface area contributed by atoms with Crippen molar-refractivity contribution in [2.75, 3.05) is 11.5 Å². The molecule has 6 heteroatoms. The Kier molecular flexibility index (Phi) is 5.92. The molecule has 3 aromatic carbocycles. The lowest BCUT2D eigenvalue weighted by atomic mass is 10.1. The van der Waals surface area contributed by atoms with Crippen LogP contribution in [0.15, 0.2) is 77.3 Å². The van der Waals surface area contributed by atoms with Gasteiger partial charge < -0.3 is 4.74 Å². The number of para-hydroxylation sites is 1. The van der Waals surface area contributed by atoms with Crippen LogP contribution in [0.25, 0.3) is 10.2 Å². The largest absolute Gasteiger partial charge is 0.492 e. The number of hydrogen-bond donors (Lipinski definition) is 0. The third-order valence-electron chi connectivity index (χ3n) is 4.43. The lowest BCUT2D eigenvalue weighted by Gasteiger charge is -2.20. The van der Waals surface area contributed by atoms with Crippen LogP contribution in [0.2, 0.25) is 0 Å². The highest BCUT2D eigenvalue weighted by molar-refractivity contribution is 9.10. The Labute approximate surface area is 181 Å². The van der Waals surface area contributed by atoms with E-state index in [2.05, 4.69) is 15.9 Å². The summed E-state index contributed by atoms with van der Waals surface area (Å²) >= 11 is 5.00. The minimum Gasteiger partial charge on any atom is -0.492 e. The molecule has 0 atom stereocenters. The molecular weight excluding hydrogens is 448 g/mol. The number of fused-ring (bicyclic) bond motifs is 1. The van der Waals surface area contributed by atoms with E-state index in [0.717, 1.165) is 26.0 Å². The van der Waals surface area contributed by atoms with Gasteiger partial charge in [0.1, 0.15) is 11.3 Å². The molecule has 0 aliphatic rings. The van der Waals surface area contributed by atoms with Gasteiger partial charge in [-0.05, 0) is 52.7 Å². The Morgan fingerprint density at radius 1 is 1.03 bits per heavy atom. The van der Waals surface area contributed by atoms with Gasteiger partial charge in [-0.2, -0.15) is 0 Å². The Morgan fingerprint density at radius 3 is 2.55 bits per heavy atom. The summed E-state index contributed by atoms with van der Waals surface area (Å²) < 4.78 is 7.48. The Balaban J connectivity index is 1.80. The molecule has 0 spiro atoms. The van der Waals surface area contributed by atoms with E-state index in [1.165, 1.54) is 11.3 Å². The number of carbonyl (C=O) groups excluding carboxylic acids is 1. The van der Waals surface area contributed by atoms with Crippen molar-refractivity contribution in [2.45, 2.75) is 13.5 Å². The maximum absolute atomic E-state index is 13.5. The van der Waals surface area contributed by atoms with Crippen LogP contribution in [0.3, 0.4) is 0 Å². The molecule has 4 rings (SSSR count). The van der Waals surface area contributed by atoms with Crippen molar-refractivity contribution in [3.63, 3.8) is 0 Å². The van der Waals surface area contributed by atoms with Crippen molar-refractivity contribution < 1.29 is 9.53 Å². The first-order valence-corrected chi connectivity index (χ1v) is 10.9. The van der Waals surface area contributed by atoms with Crippen LogP contribution in [0, 0.1) is 0 Å². The molecule has 4 nitrogen and oxygen atoms in total. The molecule has 4 aromatic rings. The standard InChI is InChI=1S/C23H19BrN2O2S/c1-2-28-19-13-8-14-20-21(19)25-23(29-20)26(15-16-9-4-3-5-10-16)22(27)17-11-6-7-12-18(17)24/h3-14H,2,15H2,1H3. The van der Waals surface area contributed by atoms with Crippen LogP contribution in [0.1, 0.15) is 22.8 Å². The van der Waals surface area contributed by atoms with E-state index in [0.29, 0.717) is 23.8 Å². The van der Waals surface area contributed by atoms with E-state index in [-0.39, 0.29) is 5.91 Å². The average molecular weight is 467 g/mol. The van der Waals surface area contributed by atoms with E-state index in [9.17, 15) is 4.79 Å². The number of thiazole rings is 1. The highest BCUT2D eigenvalue weighted by Gasteiger charge is 2.24. The van der Waals surface area contributed by atoms with Crippen molar-refractivity contribution >= 4 is 48.5 Å². The Hall–Kier alpha value is -2.70. The van der Waals surface area contributed by atoms with Gasteiger partial charge in [-0.25, -0.2) is 4.98 Å². The summed E-state index contributed by atoms with van der Waals surface area (Å²) in [5.41, 5.74) is 2.43. The molecule has 0 saturated heterocycles. The zero-order chi connectivity index (χ0) is 20.2. The maximum Gasteiger partial charge on any atom is 0.261 e. The molecule has 0 unspecified atom stereocenters. The summed E-state index contributed by atoms with van der Waals surface area (Å²) in [6.45, 7) is 2.95. The minimum absolute atomic E-state index is 0.0988. The van der Waals surface area contributed by atoms with Gasteiger partial charge in [0, 0.05) is 4.47 Å². The lowest BCUT2D eigenvalue weighted by Crippen LogP contribution is -2.30. The third-order valence-corrected chi connectivity index (χ3v) is 6.17. The van der Waals surface area contributed by atoms with Crippen LogP contribution in [-0.2, 0) is 6.54 Å². The van der Waals surface area contributed by atoms with E-state index in [1.54, 1.807) is 4.90 Å². The van der Waals surface area contributed by atoms with E-state index < -0.39 is 0 Å². The van der Waals surface area contributed by atoms with Crippen LogP contribution in [0.4, 0.5) is 5.13 Å². The van der Waals surface area contributed by atoms with Gasteiger partial charge in [0.2, 0.25) is 0 Å². The Morgan fingerprint density at radius 2 is 1.79 bits per heavy atom. The second kappa shape index (κ2) is 8.76. The first kappa shape index (κ1) is 19.6. The van der Waals surface area contributed by atoms with Gasteiger partial charge in [0.05, 0.1) is 23.4 Å². The average Bonchev–Trinajstić information content (AvgIpc) is 3.18. The fraction of sp³-hybridized carbons (Fsp3) is 0.130. The number of rotatable bonds is 6. The quantitative estimate of drug-likeness (QED) is 0.334. The van der Waals surface area contributed by atoms with Gasteiger partial charge in [0.15, 0.2) is 5.13 Å². The van der Waals surface area contributed by atoms with Gasteiger partial charge in [0.25, 0.3) is 5.91 Å². The molecular formula is C23H19BrN2O2S. The first-order valence-electron chi connectivity index (χ1n) is 9.30.